The first kappa shape index (κ1) is 16.6. The lowest BCUT2D eigenvalue weighted by Crippen LogP contribution is -1.98. The van der Waals surface area contributed by atoms with Gasteiger partial charge in [0.05, 0.1) is 13.2 Å². The first-order valence-corrected chi connectivity index (χ1v) is 7.87. The van der Waals surface area contributed by atoms with Crippen LogP contribution in [0, 0.1) is 0 Å². The van der Waals surface area contributed by atoms with Crippen molar-refractivity contribution in [3.63, 3.8) is 0 Å². The van der Waals surface area contributed by atoms with Gasteiger partial charge in [-0.1, -0.05) is 48.5 Å². The zero-order valence-corrected chi connectivity index (χ0v) is 13.8. The van der Waals surface area contributed by atoms with Crippen LogP contribution in [0.25, 0.3) is 12.2 Å². The fourth-order valence-corrected chi connectivity index (χ4v) is 2.27. The van der Waals surface area contributed by atoms with Gasteiger partial charge in [-0.15, -0.1) is 0 Å². The van der Waals surface area contributed by atoms with Gasteiger partial charge in [-0.2, -0.15) is 0 Å². The smallest absolute Gasteiger partial charge is 0.339 e. The average molecular weight is 334 g/mol. The molecule has 0 N–H and O–H groups in total. The minimum Gasteiger partial charge on any atom is -0.496 e. The van der Waals surface area contributed by atoms with E-state index in [1.165, 1.54) is 13.2 Å². The maximum absolute atomic E-state index is 11.4. The summed E-state index contributed by atoms with van der Waals surface area (Å²) in [5.41, 5.74) is 1.65. The van der Waals surface area contributed by atoms with E-state index in [0.717, 1.165) is 16.9 Å². The van der Waals surface area contributed by atoms with E-state index in [2.05, 4.69) is 0 Å². The summed E-state index contributed by atoms with van der Waals surface area (Å²) >= 11 is 0. The molecular weight excluding hydrogens is 316 g/mol. The monoisotopic (exact) mass is 334 g/mol. The van der Waals surface area contributed by atoms with Crippen molar-refractivity contribution >= 4 is 12.2 Å². The van der Waals surface area contributed by atoms with Crippen molar-refractivity contribution in [3.8, 4) is 11.5 Å². The number of benzene rings is 2. The second kappa shape index (κ2) is 8.02. The molecule has 1 aromatic heterocycles. The molecule has 4 nitrogen and oxygen atoms in total. The fourth-order valence-electron chi connectivity index (χ4n) is 2.27. The molecule has 0 saturated carbocycles. The van der Waals surface area contributed by atoms with Gasteiger partial charge in [-0.3, -0.25) is 0 Å². The maximum atomic E-state index is 11.4. The minimum absolute atomic E-state index is 0.439. The summed E-state index contributed by atoms with van der Waals surface area (Å²) in [6, 6.07) is 20.7. The molecule has 0 amide bonds. The van der Waals surface area contributed by atoms with E-state index in [1.54, 1.807) is 12.1 Å². The average Bonchev–Trinajstić information content (AvgIpc) is 2.66. The second-order valence-corrected chi connectivity index (χ2v) is 5.40. The maximum Gasteiger partial charge on any atom is 0.339 e. The zero-order chi connectivity index (χ0) is 17.5. The van der Waals surface area contributed by atoms with E-state index in [9.17, 15) is 4.79 Å². The van der Waals surface area contributed by atoms with Crippen LogP contribution in [0.2, 0.25) is 0 Å². The van der Waals surface area contributed by atoms with E-state index in [1.807, 2.05) is 60.7 Å². The van der Waals surface area contributed by atoms with Crippen LogP contribution in [0.4, 0.5) is 0 Å². The Labute approximate surface area is 146 Å². The molecule has 0 bridgehead atoms. The second-order valence-electron chi connectivity index (χ2n) is 5.40. The molecule has 0 saturated heterocycles. The van der Waals surface area contributed by atoms with Crippen molar-refractivity contribution in [2.45, 2.75) is 6.61 Å². The van der Waals surface area contributed by atoms with Crippen LogP contribution in [0.1, 0.15) is 16.9 Å². The van der Waals surface area contributed by atoms with Crippen molar-refractivity contribution in [1.82, 2.24) is 0 Å². The Kier molecular flexibility index (Phi) is 5.32. The third-order valence-corrected chi connectivity index (χ3v) is 3.57. The summed E-state index contributed by atoms with van der Waals surface area (Å²) in [6.45, 7) is 0.533. The van der Waals surface area contributed by atoms with Crippen LogP contribution in [0.15, 0.2) is 75.9 Å². The molecule has 2 aromatic carbocycles. The third-order valence-electron chi connectivity index (χ3n) is 3.57. The lowest BCUT2D eigenvalue weighted by Gasteiger charge is -2.06. The quantitative estimate of drug-likeness (QED) is 0.670. The number of hydrogen-bond acceptors (Lipinski definition) is 4. The largest absolute Gasteiger partial charge is 0.496 e. The first-order valence-electron chi connectivity index (χ1n) is 7.87. The fraction of sp³-hybridized carbons (Fsp3) is 0.0952. The van der Waals surface area contributed by atoms with E-state index < -0.39 is 5.63 Å². The van der Waals surface area contributed by atoms with Gasteiger partial charge < -0.3 is 13.9 Å². The molecule has 25 heavy (non-hydrogen) atoms. The predicted molar refractivity (Wildman–Crippen MR) is 97.7 cm³/mol. The minimum atomic E-state index is -0.441. The van der Waals surface area contributed by atoms with Crippen LogP contribution in [-0.2, 0) is 6.61 Å². The number of ether oxygens (including phenoxy) is 2. The molecule has 126 valence electrons. The highest BCUT2D eigenvalue weighted by atomic mass is 16.5. The molecule has 3 rings (SSSR count). The highest BCUT2D eigenvalue weighted by Crippen LogP contribution is 2.17. The third kappa shape index (κ3) is 4.85. The lowest BCUT2D eigenvalue weighted by atomic mass is 10.2. The Hall–Kier alpha value is -3.27. The van der Waals surface area contributed by atoms with Crippen LogP contribution >= 0.6 is 0 Å². The van der Waals surface area contributed by atoms with Crippen LogP contribution in [0.3, 0.4) is 0 Å². The lowest BCUT2D eigenvalue weighted by molar-refractivity contribution is 0.306. The van der Waals surface area contributed by atoms with E-state index in [0.29, 0.717) is 18.1 Å². The summed E-state index contributed by atoms with van der Waals surface area (Å²) in [7, 11) is 1.51. The standard InChI is InChI=1S/C21H18O4/c1-23-20-13-19(25-21(22)14-20)12-9-16-7-10-18(11-8-16)24-15-17-5-3-2-4-6-17/h2-14H,15H2,1H3/b12-9+. The summed E-state index contributed by atoms with van der Waals surface area (Å²) in [5.74, 6) is 1.71. The molecule has 0 aliphatic carbocycles. The molecule has 0 spiro atoms. The summed E-state index contributed by atoms with van der Waals surface area (Å²) in [5, 5.41) is 0. The summed E-state index contributed by atoms with van der Waals surface area (Å²) in [4.78, 5) is 11.4. The topological polar surface area (TPSA) is 48.7 Å². The van der Waals surface area contributed by atoms with E-state index in [-0.39, 0.29) is 0 Å². The van der Waals surface area contributed by atoms with Crippen LogP contribution in [-0.4, -0.2) is 7.11 Å². The number of hydrogen-bond donors (Lipinski definition) is 0. The van der Waals surface area contributed by atoms with Gasteiger partial charge in [0.25, 0.3) is 0 Å². The summed E-state index contributed by atoms with van der Waals surface area (Å²) in [6.07, 6.45) is 3.59. The summed E-state index contributed by atoms with van der Waals surface area (Å²) < 4.78 is 15.9. The number of methoxy groups -OCH3 is 1. The molecule has 0 unspecified atom stereocenters. The van der Waals surface area contributed by atoms with Gasteiger partial charge in [0.15, 0.2) is 0 Å². The van der Waals surface area contributed by atoms with Crippen molar-refractivity contribution < 1.29 is 13.9 Å². The van der Waals surface area contributed by atoms with Crippen molar-refractivity contribution in [3.05, 3.63) is 94.0 Å². The molecule has 4 heteroatoms. The molecular formula is C21H18O4. The van der Waals surface area contributed by atoms with Gasteiger partial charge >= 0.3 is 5.63 Å². The Morgan fingerprint density at radius 3 is 2.40 bits per heavy atom. The van der Waals surface area contributed by atoms with Crippen molar-refractivity contribution in [2.75, 3.05) is 7.11 Å². The van der Waals surface area contributed by atoms with Crippen molar-refractivity contribution in [2.24, 2.45) is 0 Å². The normalized spacial score (nSPS) is 10.8. The van der Waals surface area contributed by atoms with Gasteiger partial charge in [0, 0.05) is 6.07 Å². The molecule has 0 aliphatic rings. The predicted octanol–water partition coefficient (Wildman–Crippen LogP) is 4.40. The molecule has 3 aromatic rings. The Bertz CT molecular complexity index is 893. The highest BCUT2D eigenvalue weighted by Gasteiger charge is 1.99. The Morgan fingerprint density at radius 1 is 0.920 bits per heavy atom. The van der Waals surface area contributed by atoms with Gasteiger partial charge in [0.1, 0.15) is 23.9 Å². The Balaban J connectivity index is 1.64. The SMILES string of the molecule is COc1cc(/C=C/c2ccc(OCc3ccccc3)cc2)oc(=O)c1. The number of rotatable bonds is 6. The van der Waals surface area contributed by atoms with E-state index >= 15 is 0 Å². The first-order chi connectivity index (χ1) is 12.2. The van der Waals surface area contributed by atoms with E-state index in [4.69, 9.17) is 13.9 Å². The zero-order valence-electron chi connectivity index (χ0n) is 13.8. The van der Waals surface area contributed by atoms with Gasteiger partial charge in [-0.25, -0.2) is 4.79 Å². The molecule has 0 aliphatic heterocycles. The van der Waals surface area contributed by atoms with Crippen LogP contribution < -0.4 is 15.1 Å². The van der Waals surface area contributed by atoms with Crippen LogP contribution in [0.5, 0.6) is 11.5 Å². The van der Waals surface area contributed by atoms with Crippen molar-refractivity contribution in [1.29, 1.82) is 0 Å². The molecule has 1 heterocycles. The van der Waals surface area contributed by atoms with Gasteiger partial charge in [0.2, 0.25) is 0 Å². The van der Waals surface area contributed by atoms with Gasteiger partial charge in [-0.05, 0) is 29.3 Å². The molecule has 0 radical (unpaired) electrons. The molecule has 0 fully saturated rings. The Morgan fingerprint density at radius 2 is 1.68 bits per heavy atom. The molecule has 0 atom stereocenters. The highest BCUT2D eigenvalue weighted by molar-refractivity contribution is 5.67.